The average Bonchev–Trinajstić information content (AvgIpc) is 3.13. The normalized spacial score (nSPS) is 16.8. The summed E-state index contributed by atoms with van der Waals surface area (Å²) in [5.41, 5.74) is 10.3. The molecule has 1 aliphatic rings. The Morgan fingerprint density at radius 3 is 2.27 bits per heavy atom. The predicted molar refractivity (Wildman–Crippen MR) is 197 cm³/mol. The van der Waals surface area contributed by atoms with Gasteiger partial charge in [-0.05, 0) is 120 Å². The molecule has 2 N–H and O–H groups in total. The van der Waals surface area contributed by atoms with Gasteiger partial charge < -0.3 is 10.2 Å². The number of hydrogen-bond acceptors (Lipinski definition) is 5. The lowest BCUT2D eigenvalue weighted by Crippen LogP contribution is -2.13. The van der Waals surface area contributed by atoms with Crippen molar-refractivity contribution >= 4 is 5.97 Å². The summed E-state index contributed by atoms with van der Waals surface area (Å²) in [6.45, 7) is 11.7. The Kier molecular flexibility index (Phi) is 15.1. The lowest BCUT2D eigenvalue weighted by Gasteiger charge is -2.29. The van der Waals surface area contributed by atoms with Gasteiger partial charge in [0.1, 0.15) is 0 Å². The van der Waals surface area contributed by atoms with Crippen molar-refractivity contribution in [2.24, 2.45) is 5.92 Å². The topological polar surface area (TPSA) is 76.0 Å². The van der Waals surface area contributed by atoms with Crippen molar-refractivity contribution in [3.05, 3.63) is 108 Å². The van der Waals surface area contributed by atoms with Crippen LogP contribution in [0.5, 0.6) is 0 Å². The summed E-state index contributed by atoms with van der Waals surface area (Å²) in [5.74, 6) is 0.997. The van der Waals surface area contributed by atoms with Gasteiger partial charge in [-0.3, -0.25) is 4.89 Å². The van der Waals surface area contributed by atoms with Crippen molar-refractivity contribution in [2.45, 2.75) is 109 Å². The Hall–Kier alpha value is -3.51. The summed E-state index contributed by atoms with van der Waals surface area (Å²) in [6, 6.07) is 22.7. The molecule has 0 aromatic heterocycles. The van der Waals surface area contributed by atoms with E-state index in [-0.39, 0.29) is 13.2 Å². The zero-order valence-corrected chi connectivity index (χ0v) is 29.2. The molecule has 4 rings (SSSR count). The zero-order valence-electron chi connectivity index (χ0n) is 29.2. The van der Waals surface area contributed by atoms with Crippen LogP contribution in [0.25, 0.3) is 22.3 Å². The summed E-state index contributed by atoms with van der Waals surface area (Å²) < 4.78 is 0. The number of carbonyl (C=O) groups is 1. The third-order valence-electron chi connectivity index (χ3n) is 10.0. The van der Waals surface area contributed by atoms with E-state index in [1.165, 1.54) is 73.6 Å². The third-order valence-corrected chi connectivity index (χ3v) is 10.0. The minimum Gasteiger partial charge on any atom is -0.392 e. The Labute approximate surface area is 288 Å². The van der Waals surface area contributed by atoms with E-state index < -0.39 is 12.1 Å². The lowest BCUT2D eigenvalue weighted by atomic mass is 9.77. The van der Waals surface area contributed by atoms with Crippen molar-refractivity contribution in [1.29, 1.82) is 0 Å². The first-order valence-corrected chi connectivity index (χ1v) is 18.1. The van der Waals surface area contributed by atoms with Gasteiger partial charge in [0.05, 0.1) is 19.3 Å². The summed E-state index contributed by atoms with van der Waals surface area (Å²) in [4.78, 5) is 21.2. The van der Waals surface area contributed by atoms with Crippen LogP contribution in [0.2, 0.25) is 0 Å². The molecule has 0 aliphatic heterocycles. The number of aryl methyl sites for hydroxylation is 2. The first-order chi connectivity index (χ1) is 23.3. The Bertz CT molecular complexity index is 1460. The molecule has 48 heavy (non-hydrogen) atoms. The van der Waals surface area contributed by atoms with E-state index in [1.807, 2.05) is 0 Å². The van der Waals surface area contributed by atoms with Gasteiger partial charge >= 0.3 is 5.97 Å². The number of aliphatic hydroxyl groups excluding tert-OH is 2. The van der Waals surface area contributed by atoms with Crippen molar-refractivity contribution in [2.75, 3.05) is 13.2 Å². The second-order valence-electron chi connectivity index (χ2n) is 13.5. The lowest BCUT2D eigenvalue weighted by molar-refractivity contribution is -0.266. The molecule has 1 aliphatic carbocycles. The van der Waals surface area contributed by atoms with Crippen molar-refractivity contribution in [3.63, 3.8) is 0 Å². The molecule has 5 nitrogen and oxygen atoms in total. The molecule has 1 fully saturated rings. The first kappa shape index (κ1) is 37.3. The molecule has 0 amide bonds. The minimum atomic E-state index is -0.713. The number of carbonyl (C=O) groups excluding carboxylic acids is 1. The van der Waals surface area contributed by atoms with Crippen LogP contribution in [0.3, 0.4) is 0 Å². The maximum absolute atomic E-state index is 11.4. The molecule has 0 spiro atoms. The highest BCUT2D eigenvalue weighted by Crippen LogP contribution is 2.39. The van der Waals surface area contributed by atoms with Gasteiger partial charge in [0.15, 0.2) is 0 Å². The zero-order chi connectivity index (χ0) is 34.3. The van der Waals surface area contributed by atoms with E-state index in [4.69, 9.17) is 9.78 Å². The standard InChI is InChI=1S/C43H56O5/c1-5-8-9-11-32-14-16-36(17-15-32)37-18-20-38(21-19-37)41-23-22-39(29-35(41)6-2)40-27-33(12-10-13-42(45)31(4)30-44)26-34(28-40)24-25-47-48-43(46)7-3/h7,18-23,26-29,32,36,42,44-45H,3-6,8-17,24-25,30H2,1-2H3. The molecule has 1 atom stereocenters. The molecular weight excluding hydrogens is 596 g/mol. The van der Waals surface area contributed by atoms with E-state index in [9.17, 15) is 15.0 Å². The molecule has 258 valence electrons. The van der Waals surface area contributed by atoms with Crippen molar-refractivity contribution in [3.8, 4) is 22.3 Å². The number of hydrogen-bond donors (Lipinski definition) is 2. The van der Waals surface area contributed by atoms with E-state index >= 15 is 0 Å². The van der Waals surface area contributed by atoms with E-state index in [0.717, 1.165) is 53.5 Å². The maximum Gasteiger partial charge on any atom is 0.365 e. The van der Waals surface area contributed by atoms with Gasteiger partial charge in [-0.25, -0.2) is 4.79 Å². The molecule has 3 aromatic carbocycles. The Morgan fingerprint density at radius 2 is 1.60 bits per heavy atom. The van der Waals surface area contributed by atoms with Gasteiger partial charge in [0.2, 0.25) is 0 Å². The molecular formula is C43H56O5. The monoisotopic (exact) mass is 652 g/mol. The highest BCUT2D eigenvalue weighted by molar-refractivity contribution is 5.80. The summed E-state index contributed by atoms with van der Waals surface area (Å²) in [7, 11) is 0. The quantitative estimate of drug-likeness (QED) is 0.0443. The van der Waals surface area contributed by atoms with Gasteiger partial charge in [-0.15, -0.1) is 0 Å². The van der Waals surface area contributed by atoms with Crippen LogP contribution < -0.4 is 0 Å². The molecule has 0 heterocycles. The van der Waals surface area contributed by atoms with Crippen LogP contribution in [-0.4, -0.2) is 35.5 Å². The van der Waals surface area contributed by atoms with Crippen LogP contribution in [-0.2, 0) is 33.8 Å². The Morgan fingerprint density at radius 1 is 0.896 bits per heavy atom. The highest BCUT2D eigenvalue weighted by Gasteiger charge is 2.22. The summed E-state index contributed by atoms with van der Waals surface area (Å²) in [5, 5.41) is 19.6. The number of aliphatic hydroxyl groups is 2. The van der Waals surface area contributed by atoms with Gasteiger partial charge in [0.25, 0.3) is 0 Å². The van der Waals surface area contributed by atoms with Crippen molar-refractivity contribution < 1.29 is 24.8 Å². The number of rotatable bonds is 19. The second-order valence-corrected chi connectivity index (χ2v) is 13.5. The average molecular weight is 653 g/mol. The number of unbranched alkanes of at least 4 members (excludes halogenated alkanes) is 2. The van der Waals surface area contributed by atoms with Gasteiger partial charge in [-0.1, -0.05) is 113 Å². The van der Waals surface area contributed by atoms with Gasteiger partial charge in [-0.2, -0.15) is 4.89 Å². The fourth-order valence-electron chi connectivity index (χ4n) is 7.07. The van der Waals surface area contributed by atoms with Crippen molar-refractivity contribution in [1.82, 2.24) is 0 Å². The molecule has 0 bridgehead atoms. The molecule has 1 unspecified atom stereocenters. The first-order valence-electron chi connectivity index (χ1n) is 18.1. The van der Waals surface area contributed by atoms with E-state index in [0.29, 0.717) is 24.3 Å². The smallest absolute Gasteiger partial charge is 0.365 e. The van der Waals surface area contributed by atoms with Crippen LogP contribution in [0, 0.1) is 5.92 Å². The summed E-state index contributed by atoms with van der Waals surface area (Å²) >= 11 is 0. The largest absolute Gasteiger partial charge is 0.392 e. The van der Waals surface area contributed by atoms with Crippen LogP contribution in [0.4, 0.5) is 0 Å². The third kappa shape index (κ3) is 11.0. The molecule has 5 heteroatoms. The maximum atomic E-state index is 11.4. The molecule has 1 saturated carbocycles. The highest BCUT2D eigenvalue weighted by atomic mass is 17.2. The minimum absolute atomic E-state index is 0.211. The predicted octanol–water partition coefficient (Wildman–Crippen LogP) is 9.87. The Balaban J connectivity index is 1.48. The molecule has 0 radical (unpaired) electrons. The van der Waals surface area contributed by atoms with Crippen LogP contribution in [0.15, 0.2) is 85.5 Å². The molecule has 3 aromatic rings. The van der Waals surface area contributed by atoms with Crippen LogP contribution >= 0.6 is 0 Å². The fourth-order valence-corrected chi connectivity index (χ4v) is 7.07. The second kappa shape index (κ2) is 19.5. The summed E-state index contributed by atoms with van der Waals surface area (Å²) in [6.07, 6.45) is 14.8. The SMILES string of the molecule is C=CC(=O)OOCCc1cc(CCCC(O)C(=C)CO)cc(-c2ccc(-c3ccc(C4CCC(CCCCC)CC4)cc3)c(CC)c2)c1. The van der Waals surface area contributed by atoms with E-state index in [2.05, 4.69) is 87.7 Å². The van der Waals surface area contributed by atoms with E-state index in [1.54, 1.807) is 0 Å². The van der Waals surface area contributed by atoms with Gasteiger partial charge in [0, 0.05) is 6.08 Å². The fraction of sp³-hybridized carbons (Fsp3) is 0.465. The van der Waals surface area contributed by atoms with Crippen LogP contribution in [0.1, 0.15) is 106 Å². The molecule has 0 saturated heterocycles. The number of benzene rings is 3.